The maximum Gasteiger partial charge on any atom is 0.341 e. The van der Waals surface area contributed by atoms with E-state index in [1.807, 2.05) is 0 Å². The summed E-state index contributed by atoms with van der Waals surface area (Å²) in [5.74, 6) is -0.0825. The predicted octanol–water partition coefficient (Wildman–Crippen LogP) is 4.44. The molecule has 6 heteroatoms. The van der Waals surface area contributed by atoms with Crippen LogP contribution >= 0.6 is 11.3 Å². The first-order valence-electron chi connectivity index (χ1n) is 8.44. The molecule has 132 valence electrons. The van der Waals surface area contributed by atoms with Crippen molar-refractivity contribution in [1.82, 2.24) is 0 Å². The van der Waals surface area contributed by atoms with E-state index >= 15 is 0 Å². The second-order valence-electron chi connectivity index (χ2n) is 5.95. The zero-order chi connectivity index (χ0) is 17.6. The summed E-state index contributed by atoms with van der Waals surface area (Å²) in [4.78, 5) is 25.7. The third-order valence-corrected chi connectivity index (χ3v) is 5.45. The monoisotopic (exact) mass is 359 g/mol. The quantitative estimate of drug-likeness (QED) is 0.647. The lowest BCUT2D eigenvalue weighted by atomic mass is 9.96. The molecule has 3 rings (SSSR count). The van der Waals surface area contributed by atoms with Gasteiger partial charge in [-0.3, -0.25) is 4.79 Å². The number of aryl methyl sites for hydroxylation is 1. The molecule has 0 unspecified atom stereocenters. The van der Waals surface area contributed by atoms with E-state index in [2.05, 4.69) is 5.32 Å². The summed E-state index contributed by atoms with van der Waals surface area (Å²) in [7, 11) is 1.37. The van der Waals surface area contributed by atoms with Crippen LogP contribution in [0.1, 0.15) is 52.2 Å². The highest BCUT2D eigenvalue weighted by Crippen LogP contribution is 2.37. The summed E-state index contributed by atoms with van der Waals surface area (Å²) < 4.78 is 10.1. The highest BCUT2D eigenvalue weighted by molar-refractivity contribution is 7.17. The Hall–Kier alpha value is -2.34. The zero-order valence-corrected chi connectivity index (χ0v) is 15.0. The van der Waals surface area contributed by atoms with Gasteiger partial charge in [0.15, 0.2) is 0 Å². The summed E-state index contributed by atoms with van der Waals surface area (Å²) in [6.07, 6.45) is 10.9. The van der Waals surface area contributed by atoms with Gasteiger partial charge in [-0.2, -0.15) is 0 Å². The average molecular weight is 359 g/mol. The Morgan fingerprint density at radius 3 is 2.76 bits per heavy atom. The fraction of sp³-hybridized carbons (Fsp3) is 0.368. The number of furan rings is 1. The summed E-state index contributed by atoms with van der Waals surface area (Å²) in [6.45, 7) is 0. The van der Waals surface area contributed by atoms with Crippen molar-refractivity contribution in [1.29, 1.82) is 0 Å². The van der Waals surface area contributed by atoms with Crippen LogP contribution < -0.4 is 5.32 Å². The van der Waals surface area contributed by atoms with Crippen molar-refractivity contribution in [2.24, 2.45) is 0 Å². The van der Waals surface area contributed by atoms with E-state index in [1.54, 1.807) is 24.5 Å². The molecule has 2 aromatic rings. The molecule has 2 heterocycles. The molecule has 0 saturated heterocycles. The number of amides is 1. The van der Waals surface area contributed by atoms with Crippen molar-refractivity contribution >= 4 is 34.3 Å². The molecule has 0 atom stereocenters. The third-order valence-electron chi connectivity index (χ3n) is 4.24. The van der Waals surface area contributed by atoms with Gasteiger partial charge in [-0.1, -0.05) is 12.8 Å². The van der Waals surface area contributed by atoms with Crippen molar-refractivity contribution in [3.8, 4) is 0 Å². The Morgan fingerprint density at radius 1 is 1.24 bits per heavy atom. The number of hydrogen-bond acceptors (Lipinski definition) is 5. The molecular weight excluding hydrogens is 338 g/mol. The van der Waals surface area contributed by atoms with E-state index in [1.165, 1.54) is 42.2 Å². The molecule has 0 aromatic carbocycles. The molecule has 0 fully saturated rings. The van der Waals surface area contributed by atoms with Crippen LogP contribution in [0.15, 0.2) is 28.9 Å². The fourth-order valence-corrected chi connectivity index (χ4v) is 4.30. The molecule has 0 saturated carbocycles. The molecule has 1 aliphatic rings. The van der Waals surface area contributed by atoms with E-state index in [9.17, 15) is 9.59 Å². The van der Waals surface area contributed by atoms with Crippen LogP contribution in [0.5, 0.6) is 0 Å². The van der Waals surface area contributed by atoms with Crippen molar-refractivity contribution < 1.29 is 18.7 Å². The van der Waals surface area contributed by atoms with Crippen molar-refractivity contribution in [2.45, 2.75) is 38.5 Å². The first-order chi connectivity index (χ1) is 12.2. The maximum atomic E-state index is 12.3. The molecule has 0 radical (unpaired) electrons. The highest BCUT2D eigenvalue weighted by Gasteiger charge is 2.25. The number of ether oxygens (including phenoxy) is 1. The van der Waals surface area contributed by atoms with Crippen molar-refractivity contribution in [3.63, 3.8) is 0 Å². The summed E-state index contributed by atoms with van der Waals surface area (Å²) in [5.41, 5.74) is 1.56. The summed E-state index contributed by atoms with van der Waals surface area (Å²) in [6, 6.07) is 3.52. The van der Waals surface area contributed by atoms with E-state index in [0.717, 1.165) is 31.2 Å². The number of thiophene rings is 1. The summed E-state index contributed by atoms with van der Waals surface area (Å²) in [5, 5.41) is 3.41. The van der Waals surface area contributed by atoms with Crippen LogP contribution in [-0.4, -0.2) is 19.0 Å². The van der Waals surface area contributed by atoms with Gasteiger partial charge in [-0.15, -0.1) is 11.3 Å². The number of carbonyl (C=O) groups excluding carboxylic acids is 2. The van der Waals surface area contributed by atoms with Crippen LogP contribution in [0.3, 0.4) is 0 Å². The van der Waals surface area contributed by atoms with E-state index in [4.69, 9.17) is 9.15 Å². The fourth-order valence-electron chi connectivity index (χ4n) is 3.02. The van der Waals surface area contributed by atoms with Gasteiger partial charge in [0.1, 0.15) is 10.8 Å². The Balaban J connectivity index is 1.85. The molecule has 1 aliphatic carbocycles. The molecule has 25 heavy (non-hydrogen) atoms. The molecule has 0 spiro atoms. The second kappa shape index (κ2) is 8.16. The van der Waals surface area contributed by atoms with Gasteiger partial charge in [-0.25, -0.2) is 4.79 Å². The van der Waals surface area contributed by atoms with Gasteiger partial charge < -0.3 is 14.5 Å². The minimum atomic E-state index is -0.386. The van der Waals surface area contributed by atoms with Crippen molar-refractivity contribution in [3.05, 3.63) is 46.2 Å². The average Bonchev–Trinajstić information content (AvgIpc) is 3.21. The van der Waals surface area contributed by atoms with Crippen LogP contribution in [0.4, 0.5) is 5.00 Å². The Bertz CT molecular complexity index is 774. The smallest absolute Gasteiger partial charge is 0.341 e. The Kier molecular flexibility index (Phi) is 5.71. The number of esters is 1. The number of carbonyl (C=O) groups is 2. The van der Waals surface area contributed by atoms with Crippen LogP contribution in [0.25, 0.3) is 6.08 Å². The standard InChI is InChI=1S/C19H21NO4S/c1-23-19(22)17-14-8-4-2-3-5-9-15(14)25-18(17)20-16(21)11-10-13-7-6-12-24-13/h6-7,10-12H,2-5,8-9H2,1H3,(H,20,21)/b11-10+. The number of methoxy groups -OCH3 is 1. The van der Waals surface area contributed by atoms with Crippen LogP contribution in [0.2, 0.25) is 0 Å². The van der Waals surface area contributed by atoms with Crippen LogP contribution in [-0.2, 0) is 22.4 Å². The van der Waals surface area contributed by atoms with E-state index < -0.39 is 0 Å². The number of nitrogens with one attached hydrogen (secondary N) is 1. The van der Waals surface area contributed by atoms with Gasteiger partial charge >= 0.3 is 5.97 Å². The molecule has 0 bridgehead atoms. The van der Waals surface area contributed by atoms with Crippen molar-refractivity contribution in [2.75, 3.05) is 12.4 Å². The Morgan fingerprint density at radius 2 is 2.04 bits per heavy atom. The normalized spacial score (nSPS) is 14.6. The minimum Gasteiger partial charge on any atom is -0.465 e. The first kappa shape index (κ1) is 17.5. The minimum absolute atomic E-state index is 0.296. The SMILES string of the molecule is COC(=O)c1c(NC(=O)/C=C/c2ccco2)sc2c1CCCCCC2. The number of fused-ring (bicyclic) bond motifs is 1. The van der Waals surface area contributed by atoms with Gasteiger partial charge in [0.05, 0.1) is 18.9 Å². The summed E-state index contributed by atoms with van der Waals surface area (Å²) >= 11 is 1.49. The van der Waals surface area contributed by atoms with Gasteiger partial charge in [0.25, 0.3) is 0 Å². The topological polar surface area (TPSA) is 68.5 Å². The lowest BCUT2D eigenvalue weighted by Gasteiger charge is -2.10. The van der Waals surface area contributed by atoms with Gasteiger partial charge in [0.2, 0.25) is 5.91 Å². The molecule has 2 aromatic heterocycles. The lowest BCUT2D eigenvalue weighted by Crippen LogP contribution is -2.12. The number of rotatable bonds is 4. The van der Waals surface area contributed by atoms with Gasteiger partial charge in [-0.05, 0) is 49.5 Å². The van der Waals surface area contributed by atoms with E-state index in [-0.39, 0.29) is 11.9 Å². The van der Waals surface area contributed by atoms with Gasteiger partial charge in [0, 0.05) is 11.0 Å². The molecular formula is C19H21NO4S. The van der Waals surface area contributed by atoms with Crippen LogP contribution in [0, 0.1) is 0 Å². The molecule has 1 amide bonds. The predicted molar refractivity (Wildman–Crippen MR) is 97.9 cm³/mol. The number of hydrogen-bond donors (Lipinski definition) is 1. The molecule has 5 nitrogen and oxygen atoms in total. The molecule has 0 aliphatic heterocycles. The second-order valence-corrected chi connectivity index (χ2v) is 7.06. The first-order valence-corrected chi connectivity index (χ1v) is 9.26. The Labute approximate surface area is 150 Å². The highest BCUT2D eigenvalue weighted by atomic mass is 32.1. The maximum absolute atomic E-state index is 12.3. The largest absolute Gasteiger partial charge is 0.465 e. The van der Waals surface area contributed by atoms with E-state index in [0.29, 0.717) is 16.3 Å². The molecule has 1 N–H and O–H groups in total. The zero-order valence-electron chi connectivity index (χ0n) is 14.2. The third kappa shape index (κ3) is 4.20. The number of anilines is 1. The lowest BCUT2D eigenvalue weighted by molar-refractivity contribution is -0.111.